The molecule has 1 aliphatic heterocycles. The largest absolute Gasteiger partial charge is 0.444 e. The molecular formula is C11H11N3O. The van der Waals surface area contributed by atoms with E-state index in [0.29, 0.717) is 6.42 Å². The molecule has 0 aliphatic carbocycles. The smallest absolute Gasteiger partial charge is 0.265 e. The van der Waals surface area contributed by atoms with Crippen LogP contribution in [0.4, 0.5) is 0 Å². The van der Waals surface area contributed by atoms with E-state index < -0.39 is 5.72 Å². The van der Waals surface area contributed by atoms with Gasteiger partial charge < -0.3 is 4.74 Å². The second kappa shape index (κ2) is 3.65. The SMILES string of the molecule is N=NC1(c2ccccc2)C=CCC(=N)O1. The molecule has 0 saturated heterocycles. The second-order valence-electron chi connectivity index (χ2n) is 3.31. The molecule has 1 atom stereocenters. The Morgan fingerprint density at radius 2 is 2.00 bits per heavy atom. The van der Waals surface area contributed by atoms with Crippen LogP contribution in [0.3, 0.4) is 0 Å². The summed E-state index contributed by atoms with van der Waals surface area (Å²) in [5.41, 5.74) is 6.86. The summed E-state index contributed by atoms with van der Waals surface area (Å²) < 4.78 is 5.35. The zero-order valence-corrected chi connectivity index (χ0v) is 8.10. The van der Waals surface area contributed by atoms with Crippen molar-refractivity contribution in [3.05, 3.63) is 48.0 Å². The Balaban J connectivity index is 2.46. The van der Waals surface area contributed by atoms with Crippen molar-refractivity contribution >= 4 is 5.90 Å². The van der Waals surface area contributed by atoms with Crippen LogP contribution in [0.25, 0.3) is 0 Å². The molecule has 0 fully saturated rings. The van der Waals surface area contributed by atoms with Crippen LogP contribution in [0.5, 0.6) is 0 Å². The van der Waals surface area contributed by atoms with Crippen LogP contribution in [0.15, 0.2) is 47.6 Å². The van der Waals surface area contributed by atoms with Gasteiger partial charge in [-0.25, -0.2) is 5.53 Å². The van der Waals surface area contributed by atoms with Crippen molar-refractivity contribution in [2.24, 2.45) is 5.11 Å². The van der Waals surface area contributed by atoms with Gasteiger partial charge in [-0.2, -0.15) is 0 Å². The molecule has 1 aromatic carbocycles. The third-order valence-corrected chi connectivity index (χ3v) is 2.28. The third-order valence-electron chi connectivity index (χ3n) is 2.28. The van der Waals surface area contributed by atoms with E-state index in [9.17, 15) is 0 Å². The van der Waals surface area contributed by atoms with Gasteiger partial charge in [0.1, 0.15) is 0 Å². The molecule has 1 unspecified atom stereocenters. The predicted octanol–water partition coefficient (Wildman–Crippen LogP) is 2.82. The molecule has 0 radical (unpaired) electrons. The van der Waals surface area contributed by atoms with Gasteiger partial charge >= 0.3 is 0 Å². The number of hydrogen-bond acceptors (Lipinski definition) is 4. The molecular weight excluding hydrogens is 190 g/mol. The maximum Gasteiger partial charge on any atom is 0.265 e. The topological polar surface area (TPSA) is 69.3 Å². The molecule has 1 aromatic rings. The van der Waals surface area contributed by atoms with Crippen LogP contribution in [-0.2, 0) is 10.5 Å². The molecule has 0 saturated carbocycles. The van der Waals surface area contributed by atoms with Crippen LogP contribution >= 0.6 is 0 Å². The summed E-state index contributed by atoms with van der Waals surface area (Å²) in [6.45, 7) is 0. The van der Waals surface area contributed by atoms with Crippen LogP contribution in [-0.4, -0.2) is 5.90 Å². The monoisotopic (exact) mass is 201 g/mol. The van der Waals surface area contributed by atoms with Crippen LogP contribution in [0.2, 0.25) is 0 Å². The summed E-state index contributed by atoms with van der Waals surface area (Å²) in [5.74, 6) is 0.136. The highest BCUT2D eigenvalue weighted by molar-refractivity contribution is 5.76. The van der Waals surface area contributed by atoms with Gasteiger partial charge in [-0.15, -0.1) is 5.11 Å². The van der Waals surface area contributed by atoms with E-state index in [1.54, 1.807) is 12.2 Å². The first-order valence-electron chi connectivity index (χ1n) is 4.65. The quantitative estimate of drug-likeness (QED) is 0.560. The molecule has 4 heteroatoms. The lowest BCUT2D eigenvalue weighted by Crippen LogP contribution is -2.30. The standard InChI is InChI=1S/C11H11N3O/c12-10-7-4-8-11(14-13,15-10)9-5-2-1-3-6-9/h1-6,8,12-13H,7H2. The Morgan fingerprint density at radius 1 is 1.27 bits per heavy atom. The lowest BCUT2D eigenvalue weighted by atomic mass is 10.0. The molecule has 15 heavy (non-hydrogen) atoms. The Bertz CT molecular complexity index is 413. The van der Waals surface area contributed by atoms with Crippen molar-refractivity contribution in [3.63, 3.8) is 0 Å². The molecule has 76 valence electrons. The Labute approximate surface area is 87.6 Å². The van der Waals surface area contributed by atoms with Crippen LogP contribution < -0.4 is 0 Å². The number of nitrogens with one attached hydrogen (secondary N) is 2. The van der Waals surface area contributed by atoms with E-state index in [0.717, 1.165) is 5.56 Å². The first-order chi connectivity index (χ1) is 7.27. The van der Waals surface area contributed by atoms with Gasteiger partial charge in [0.15, 0.2) is 5.90 Å². The average molecular weight is 201 g/mol. The van der Waals surface area contributed by atoms with E-state index in [2.05, 4.69) is 5.11 Å². The van der Waals surface area contributed by atoms with E-state index in [4.69, 9.17) is 15.7 Å². The van der Waals surface area contributed by atoms with Crippen molar-refractivity contribution < 1.29 is 4.74 Å². The lowest BCUT2D eigenvalue weighted by molar-refractivity contribution is 0.0929. The minimum Gasteiger partial charge on any atom is -0.444 e. The highest BCUT2D eigenvalue weighted by atomic mass is 16.5. The van der Waals surface area contributed by atoms with Gasteiger partial charge in [0, 0.05) is 12.0 Å². The predicted molar refractivity (Wildman–Crippen MR) is 55.8 cm³/mol. The molecule has 0 bridgehead atoms. The van der Waals surface area contributed by atoms with E-state index >= 15 is 0 Å². The molecule has 1 aliphatic rings. The molecule has 2 rings (SSSR count). The fourth-order valence-corrected chi connectivity index (χ4v) is 1.55. The minimum atomic E-state index is -1.13. The van der Waals surface area contributed by atoms with E-state index in [1.807, 2.05) is 30.3 Å². The molecule has 2 N–H and O–H groups in total. The highest BCUT2D eigenvalue weighted by Gasteiger charge is 2.34. The Hall–Kier alpha value is -1.97. The normalized spacial score (nSPS) is 24.7. The Morgan fingerprint density at radius 3 is 2.60 bits per heavy atom. The number of nitrogens with zero attached hydrogens (tertiary/aromatic N) is 1. The maximum absolute atomic E-state index is 7.48. The van der Waals surface area contributed by atoms with Gasteiger partial charge in [-0.1, -0.05) is 36.4 Å². The number of hydrogen-bond donors (Lipinski definition) is 2. The second-order valence-corrected chi connectivity index (χ2v) is 3.31. The fraction of sp³-hybridized carbons (Fsp3) is 0.182. The summed E-state index contributed by atoms with van der Waals surface area (Å²) in [7, 11) is 0. The van der Waals surface area contributed by atoms with Gasteiger partial charge in [0.2, 0.25) is 0 Å². The van der Waals surface area contributed by atoms with E-state index in [1.165, 1.54) is 0 Å². The minimum absolute atomic E-state index is 0.136. The van der Waals surface area contributed by atoms with Gasteiger partial charge in [-0.3, -0.25) is 5.41 Å². The van der Waals surface area contributed by atoms with Crippen LogP contribution in [0, 0.1) is 10.9 Å². The zero-order chi connectivity index (χ0) is 10.7. The van der Waals surface area contributed by atoms with Crippen LogP contribution in [0.1, 0.15) is 12.0 Å². The summed E-state index contributed by atoms with van der Waals surface area (Å²) in [4.78, 5) is 0. The first kappa shape index (κ1) is 9.58. The molecule has 0 spiro atoms. The van der Waals surface area contributed by atoms with Crippen molar-refractivity contribution in [1.29, 1.82) is 10.9 Å². The fourth-order valence-electron chi connectivity index (χ4n) is 1.55. The summed E-state index contributed by atoms with van der Waals surface area (Å²) in [6.07, 6.45) is 3.98. The highest BCUT2D eigenvalue weighted by Crippen LogP contribution is 2.32. The first-order valence-corrected chi connectivity index (χ1v) is 4.65. The number of ether oxygens (including phenoxy) is 1. The van der Waals surface area contributed by atoms with Gasteiger partial charge in [0.25, 0.3) is 5.72 Å². The molecule has 1 heterocycles. The van der Waals surface area contributed by atoms with Crippen molar-refractivity contribution in [2.45, 2.75) is 12.1 Å². The van der Waals surface area contributed by atoms with Crippen molar-refractivity contribution in [3.8, 4) is 0 Å². The van der Waals surface area contributed by atoms with Crippen molar-refractivity contribution in [2.75, 3.05) is 0 Å². The van der Waals surface area contributed by atoms with Gasteiger partial charge in [-0.05, 0) is 6.08 Å². The third kappa shape index (κ3) is 1.66. The Kier molecular flexibility index (Phi) is 2.33. The average Bonchev–Trinajstić information content (AvgIpc) is 2.30. The van der Waals surface area contributed by atoms with Gasteiger partial charge in [0.05, 0.1) is 0 Å². The molecule has 0 aromatic heterocycles. The summed E-state index contributed by atoms with van der Waals surface area (Å²) >= 11 is 0. The molecule has 4 nitrogen and oxygen atoms in total. The van der Waals surface area contributed by atoms with E-state index in [-0.39, 0.29) is 5.90 Å². The summed E-state index contributed by atoms with van der Waals surface area (Å²) in [6, 6.07) is 9.27. The molecule has 0 amide bonds. The zero-order valence-electron chi connectivity index (χ0n) is 8.10. The lowest BCUT2D eigenvalue weighted by Gasteiger charge is -2.28. The number of rotatable bonds is 2. The summed E-state index contributed by atoms with van der Waals surface area (Å²) in [5, 5.41) is 11.0. The van der Waals surface area contributed by atoms with Crippen molar-refractivity contribution in [1.82, 2.24) is 0 Å². The number of benzene rings is 1. The maximum atomic E-state index is 7.48.